The Kier molecular flexibility index (Phi) is 5.71. The van der Waals surface area contributed by atoms with Gasteiger partial charge in [-0.15, -0.1) is 0 Å². The molecule has 2 amide bonds. The number of carbonyl (C=O) groups excluding carboxylic acids is 2. The van der Waals surface area contributed by atoms with Gasteiger partial charge < -0.3 is 19.9 Å². The highest BCUT2D eigenvalue weighted by atomic mass is 16.3. The van der Waals surface area contributed by atoms with Crippen molar-refractivity contribution < 1.29 is 14.7 Å². The Balaban J connectivity index is 1.54. The van der Waals surface area contributed by atoms with E-state index in [9.17, 15) is 14.7 Å². The molecule has 3 aromatic rings. The number of hydrogen-bond acceptors (Lipinski definition) is 5. The van der Waals surface area contributed by atoms with Crippen molar-refractivity contribution in [3.05, 3.63) is 83.8 Å². The van der Waals surface area contributed by atoms with Gasteiger partial charge in [-0.3, -0.25) is 14.5 Å². The monoisotopic (exact) mass is 433 g/mol. The lowest BCUT2D eigenvalue weighted by atomic mass is 9.76. The summed E-state index contributed by atoms with van der Waals surface area (Å²) in [6.07, 6.45) is 0.364. The van der Waals surface area contributed by atoms with Crippen LogP contribution in [0.1, 0.15) is 28.5 Å². The summed E-state index contributed by atoms with van der Waals surface area (Å²) in [7, 11) is 3.16. The fourth-order valence-corrected chi connectivity index (χ4v) is 4.08. The lowest BCUT2D eigenvalue weighted by Gasteiger charge is -2.36. The molecule has 2 N–H and O–H groups in total. The number of nitrogens with one attached hydrogen (secondary N) is 1. The number of anilines is 1. The molecule has 0 aliphatic carbocycles. The molecule has 2 aromatic carbocycles. The molecule has 2 heterocycles. The van der Waals surface area contributed by atoms with Gasteiger partial charge in [-0.05, 0) is 18.1 Å². The Morgan fingerprint density at radius 2 is 1.59 bits per heavy atom. The van der Waals surface area contributed by atoms with E-state index in [1.165, 1.54) is 27.7 Å². The van der Waals surface area contributed by atoms with E-state index in [0.717, 1.165) is 11.1 Å². The smallest absolute Gasteiger partial charge is 0.277 e. The SMILES string of the molecule is CN1C(=O)c2c(ncn2CC(=O)NCC(C)(c2ccccc2)c2ccccc2)N(C)C1O. The van der Waals surface area contributed by atoms with Crippen molar-refractivity contribution in [2.75, 3.05) is 25.5 Å². The van der Waals surface area contributed by atoms with Crippen LogP contribution >= 0.6 is 0 Å². The number of aliphatic hydroxyl groups is 1. The highest BCUT2D eigenvalue weighted by Crippen LogP contribution is 2.31. The minimum absolute atomic E-state index is 0.0501. The van der Waals surface area contributed by atoms with Crippen LogP contribution in [0.3, 0.4) is 0 Å². The highest BCUT2D eigenvalue weighted by molar-refractivity contribution is 5.99. The normalized spacial score (nSPS) is 16.1. The van der Waals surface area contributed by atoms with Gasteiger partial charge in [-0.25, -0.2) is 4.98 Å². The van der Waals surface area contributed by atoms with Gasteiger partial charge in [0, 0.05) is 26.1 Å². The second-order valence-corrected chi connectivity index (χ2v) is 8.26. The molecule has 0 radical (unpaired) electrons. The van der Waals surface area contributed by atoms with Gasteiger partial charge in [0.1, 0.15) is 6.54 Å². The van der Waals surface area contributed by atoms with Gasteiger partial charge in [0.2, 0.25) is 12.3 Å². The zero-order valence-corrected chi connectivity index (χ0v) is 18.4. The van der Waals surface area contributed by atoms with Crippen LogP contribution in [0.5, 0.6) is 0 Å². The third-order valence-corrected chi connectivity index (χ3v) is 6.14. The predicted octanol–water partition coefficient (Wildman–Crippen LogP) is 1.80. The second-order valence-electron chi connectivity index (χ2n) is 8.26. The van der Waals surface area contributed by atoms with Gasteiger partial charge in [0.05, 0.1) is 6.33 Å². The van der Waals surface area contributed by atoms with Crippen molar-refractivity contribution >= 4 is 17.6 Å². The Morgan fingerprint density at radius 3 is 2.16 bits per heavy atom. The minimum atomic E-state index is -1.09. The van der Waals surface area contributed by atoms with Crippen LogP contribution in [-0.2, 0) is 16.8 Å². The largest absolute Gasteiger partial charge is 0.356 e. The standard InChI is InChI=1S/C24H27N5O3/c1-24(17-10-6-4-7-11-17,18-12-8-5-9-13-18)15-25-19(30)14-29-16-26-21-20(29)22(31)28(3)23(32)27(21)2/h4-13,16,23,32H,14-15H2,1-3H3,(H,25,30). The summed E-state index contributed by atoms with van der Waals surface area (Å²) in [4.78, 5) is 32.5. The first-order chi connectivity index (χ1) is 15.3. The van der Waals surface area contributed by atoms with Gasteiger partial charge in [-0.1, -0.05) is 60.7 Å². The van der Waals surface area contributed by atoms with Crippen molar-refractivity contribution in [1.29, 1.82) is 0 Å². The van der Waals surface area contributed by atoms with E-state index in [0.29, 0.717) is 12.4 Å². The molecule has 1 aliphatic heterocycles. The molecular formula is C24H27N5O3. The van der Waals surface area contributed by atoms with Gasteiger partial charge >= 0.3 is 0 Å². The van der Waals surface area contributed by atoms with Crippen LogP contribution in [0.4, 0.5) is 5.82 Å². The number of nitrogens with zero attached hydrogens (tertiary/aromatic N) is 4. The maximum absolute atomic E-state index is 12.9. The first-order valence-corrected chi connectivity index (χ1v) is 10.4. The first kappa shape index (κ1) is 21.6. The number of imidazole rings is 1. The van der Waals surface area contributed by atoms with Crippen LogP contribution in [-0.4, -0.2) is 58.4 Å². The van der Waals surface area contributed by atoms with Gasteiger partial charge in [0.15, 0.2) is 11.5 Å². The van der Waals surface area contributed by atoms with Crippen LogP contribution in [0.2, 0.25) is 0 Å². The maximum Gasteiger partial charge on any atom is 0.277 e. The quantitative estimate of drug-likeness (QED) is 0.619. The average Bonchev–Trinajstić information content (AvgIpc) is 3.24. The summed E-state index contributed by atoms with van der Waals surface area (Å²) < 4.78 is 1.52. The molecule has 1 atom stereocenters. The molecule has 166 valence electrons. The molecule has 1 aliphatic rings. The molecule has 0 saturated heterocycles. The molecule has 1 aromatic heterocycles. The summed E-state index contributed by atoms with van der Waals surface area (Å²) in [5.41, 5.74) is 2.05. The molecule has 32 heavy (non-hydrogen) atoms. The van der Waals surface area contributed by atoms with E-state index < -0.39 is 11.8 Å². The third kappa shape index (κ3) is 3.73. The van der Waals surface area contributed by atoms with E-state index in [-0.39, 0.29) is 24.1 Å². The molecule has 8 heteroatoms. The fraction of sp³-hybridized carbons (Fsp3) is 0.292. The number of aromatic nitrogens is 2. The van der Waals surface area contributed by atoms with E-state index >= 15 is 0 Å². The second kappa shape index (κ2) is 8.47. The van der Waals surface area contributed by atoms with Crippen LogP contribution in [0, 0.1) is 0 Å². The molecule has 8 nitrogen and oxygen atoms in total. The van der Waals surface area contributed by atoms with Crippen LogP contribution < -0.4 is 10.2 Å². The number of rotatable bonds is 6. The van der Waals surface area contributed by atoms with Crippen molar-refractivity contribution in [3.63, 3.8) is 0 Å². The summed E-state index contributed by atoms with van der Waals surface area (Å²) in [6.45, 7) is 2.45. The number of carbonyl (C=O) groups is 2. The molecule has 0 bridgehead atoms. The van der Waals surface area contributed by atoms with Crippen molar-refractivity contribution in [1.82, 2.24) is 19.8 Å². The number of benzene rings is 2. The van der Waals surface area contributed by atoms with Crippen LogP contribution in [0.15, 0.2) is 67.0 Å². The summed E-state index contributed by atoms with van der Waals surface area (Å²) in [5, 5.41) is 13.2. The highest BCUT2D eigenvalue weighted by Gasteiger charge is 2.36. The Bertz CT molecular complexity index is 1070. The zero-order valence-electron chi connectivity index (χ0n) is 18.4. The average molecular weight is 434 g/mol. The van der Waals surface area contributed by atoms with E-state index in [1.54, 1.807) is 7.05 Å². The van der Waals surface area contributed by atoms with Crippen molar-refractivity contribution in [2.45, 2.75) is 25.2 Å². The van der Waals surface area contributed by atoms with Crippen molar-refractivity contribution in [3.8, 4) is 0 Å². The topological polar surface area (TPSA) is 90.7 Å². The molecule has 0 saturated carbocycles. The number of aliphatic hydroxyl groups excluding tert-OH is 1. The molecule has 0 spiro atoms. The number of hydrogen-bond donors (Lipinski definition) is 2. The minimum Gasteiger partial charge on any atom is -0.356 e. The van der Waals surface area contributed by atoms with E-state index in [1.807, 2.05) is 36.4 Å². The number of amides is 2. The summed E-state index contributed by atoms with van der Waals surface area (Å²) in [5.74, 6) is -0.256. The molecule has 0 fully saturated rings. The molecule has 1 unspecified atom stereocenters. The van der Waals surface area contributed by atoms with E-state index in [2.05, 4.69) is 41.5 Å². The van der Waals surface area contributed by atoms with Crippen LogP contribution in [0.25, 0.3) is 0 Å². The lowest BCUT2D eigenvalue weighted by molar-refractivity contribution is -0.121. The van der Waals surface area contributed by atoms with Gasteiger partial charge in [-0.2, -0.15) is 0 Å². The van der Waals surface area contributed by atoms with Crippen molar-refractivity contribution in [2.24, 2.45) is 0 Å². The Morgan fingerprint density at radius 1 is 1.03 bits per heavy atom. The lowest BCUT2D eigenvalue weighted by Crippen LogP contribution is -2.52. The molecule has 4 rings (SSSR count). The maximum atomic E-state index is 12.9. The summed E-state index contributed by atoms with van der Waals surface area (Å²) >= 11 is 0. The fourth-order valence-electron chi connectivity index (χ4n) is 4.08. The summed E-state index contributed by atoms with van der Waals surface area (Å²) in [6, 6.07) is 20.1. The Hall–Kier alpha value is -3.65. The molecular weight excluding hydrogens is 406 g/mol. The first-order valence-electron chi connectivity index (χ1n) is 10.4. The number of fused-ring (bicyclic) bond motifs is 1. The third-order valence-electron chi connectivity index (χ3n) is 6.14. The van der Waals surface area contributed by atoms with E-state index in [4.69, 9.17) is 0 Å². The predicted molar refractivity (Wildman–Crippen MR) is 121 cm³/mol. The van der Waals surface area contributed by atoms with Gasteiger partial charge in [0.25, 0.3) is 5.91 Å². The zero-order chi connectivity index (χ0) is 22.9. The Labute approximate surface area is 187 Å².